The molecule has 0 saturated carbocycles. The fraction of sp³-hybridized carbons (Fsp3) is 0.333. The fourth-order valence-electron chi connectivity index (χ4n) is 3.61. The van der Waals surface area contributed by atoms with Gasteiger partial charge in [0.05, 0.1) is 7.11 Å². The van der Waals surface area contributed by atoms with Crippen molar-refractivity contribution in [3.8, 4) is 11.5 Å². The van der Waals surface area contributed by atoms with Gasteiger partial charge in [-0.3, -0.25) is 4.79 Å². The molecule has 3 heterocycles. The Bertz CT molecular complexity index is 1100. The summed E-state index contributed by atoms with van der Waals surface area (Å²) in [5.41, 5.74) is 1.12. The van der Waals surface area contributed by atoms with Crippen molar-refractivity contribution < 1.29 is 14.3 Å². The number of nitrogens with zero attached hydrogens (tertiary/aromatic N) is 5. The number of pyridine rings is 1. The van der Waals surface area contributed by atoms with Crippen molar-refractivity contribution in [3.63, 3.8) is 0 Å². The second-order valence-corrected chi connectivity index (χ2v) is 7.83. The smallest absolute Gasteiger partial charge is 0.260 e. The van der Waals surface area contributed by atoms with Crippen molar-refractivity contribution in [1.82, 2.24) is 19.9 Å². The Labute approximate surface area is 193 Å². The minimum atomic E-state index is -0.0304. The van der Waals surface area contributed by atoms with E-state index in [-0.39, 0.29) is 12.5 Å². The molecule has 1 aromatic carbocycles. The van der Waals surface area contributed by atoms with Gasteiger partial charge in [0.2, 0.25) is 0 Å². The van der Waals surface area contributed by atoms with Crippen LogP contribution in [0.5, 0.6) is 11.5 Å². The molecule has 0 spiro atoms. The van der Waals surface area contributed by atoms with Crippen LogP contribution in [0.4, 0.5) is 17.5 Å². The lowest BCUT2D eigenvalue weighted by atomic mass is 10.3. The molecular weight excluding hydrogens is 420 g/mol. The van der Waals surface area contributed by atoms with Gasteiger partial charge in [0.15, 0.2) is 6.61 Å². The largest absolute Gasteiger partial charge is 0.497 e. The van der Waals surface area contributed by atoms with Crippen LogP contribution in [0.3, 0.4) is 0 Å². The van der Waals surface area contributed by atoms with Gasteiger partial charge >= 0.3 is 0 Å². The predicted molar refractivity (Wildman–Crippen MR) is 126 cm³/mol. The molecule has 33 heavy (non-hydrogen) atoms. The lowest BCUT2D eigenvalue weighted by Gasteiger charge is -2.35. The lowest BCUT2D eigenvalue weighted by molar-refractivity contribution is -0.133. The Balaban J connectivity index is 1.32. The van der Waals surface area contributed by atoms with Crippen LogP contribution in [0.15, 0.2) is 48.7 Å². The molecule has 172 valence electrons. The van der Waals surface area contributed by atoms with Gasteiger partial charge in [0.25, 0.3) is 5.91 Å². The van der Waals surface area contributed by atoms with Crippen LogP contribution in [0.1, 0.15) is 11.4 Å². The van der Waals surface area contributed by atoms with Gasteiger partial charge in [-0.25, -0.2) is 15.0 Å². The molecule has 0 bridgehead atoms. The van der Waals surface area contributed by atoms with E-state index in [1.165, 1.54) is 0 Å². The average molecular weight is 449 g/mol. The van der Waals surface area contributed by atoms with E-state index in [0.717, 1.165) is 22.9 Å². The molecule has 1 aliphatic heterocycles. The number of anilines is 3. The summed E-state index contributed by atoms with van der Waals surface area (Å²) in [5.74, 6) is 4.31. The SMILES string of the molecule is COc1ccc(OCC(=O)N2CCN(c3cc(Nc4cc(C)ccn4)nc(C)n3)CC2)cc1. The van der Waals surface area contributed by atoms with E-state index >= 15 is 0 Å². The maximum atomic E-state index is 12.6. The number of ether oxygens (including phenoxy) is 2. The number of rotatable bonds is 7. The molecule has 9 heteroatoms. The van der Waals surface area contributed by atoms with Crippen molar-refractivity contribution in [2.45, 2.75) is 13.8 Å². The quantitative estimate of drug-likeness (QED) is 0.590. The van der Waals surface area contributed by atoms with Crippen LogP contribution in [0.2, 0.25) is 0 Å². The standard InChI is InChI=1S/C24H28N6O3/c1-17-8-9-25-21(14-17)28-22-15-23(27-18(2)26-22)29-10-12-30(13-11-29)24(31)16-33-20-6-4-19(32-3)5-7-20/h4-9,14-15H,10-13,16H2,1-3H3,(H,25,26,27,28). The van der Waals surface area contributed by atoms with Crippen LogP contribution in [-0.2, 0) is 4.79 Å². The number of hydrogen-bond acceptors (Lipinski definition) is 8. The Hall–Kier alpha value is -3.88. The number of carbonyl (C=O) groups is 1. The number of aromatic nitrogens is 3. The third-order valence-corrected chi connectivity index (χ3v) is 5.37. The second-order valence-electron chi connectivity index (χ2n) is 7.83. The van der Waals surface area contributed by atoms with E-state index in [1.54, 1.807) is 37.6 Å². The van der Waals surface area contributed by atoms with Gasteiger partial charge in [-0.05, 0) is 55.8 Å². The maximum Gasteiger partial charge on any atom is 0.260 e. The highest BCUT2D eigenvalue weighted by atomic mass is 16.5. The highest BCUT2D eigenvalue weighted by Gasteiger charge is 2.23. The molecule has 0 atom stereocenters. The normalized spacial score (nSPS) is 13.5. The number of carbonyl (C=O) groups excluding carboxylic acids is 1. The number of aryl methyl sites for hydroxylation is 2. The molecule has 0 unspecified atom stereocenters. The summed E-state index contributed by atoms with van der Waals surface area (Å²) in [7, 11) is 1.61. The molecule has 1 saturated heterocycles. The minimum absolute atomic E-state index is 0.0104. The molecule has 1 amide bonds. The van der Waals surface area contributed by atoms with E-state index in [0.29, 0.717) is 43.6 Å². The summed E-state index contributed by atoms with van der Waals surface area (Å²) < 4.78 is 10.8. The van der Waals surface area contributed by atoms with Gasteiger partial charge < -0.3 is 24.6 Å². The summed E-state index contributed by atoms with van der Waals surface area (Å²) in [6, 6.07) is 13.0. The summed E-state index contributed by atoms with van der Waals surface area (Å²) in [5, 5.41) is 3.25. The molecule has 1 N–H and O–H groups in total. The Morgan fingerprint density at radius 1 is 0.970 bits per heavy atom. The molecule has 1 fully saturated rings. The molecular formula is C24H28N6O3. The summed E-state index contributed by atoms with van der Waals surface area (Å²) in [4.78, 5) is 30.0. The third kappa shape index (κ3) is 5.88. The van der Waals surface area contributed by atoms with Crippen LogP contribution < -0.4 is 19.7 Å². The van der Waals surface area contributed by atoms with Gasteiger partial charge in [-0.15, -0.1) is 0 Å². The molecule has 4 rings (SSSR count). The number of piperazine rings is 1. The number of methoxy groups -OCH3 is 1. The van der Waals surface area contributed by atoms with Crippen molar-refractivity contribution in [2.75, 3.05) is 50.1 Å². The van der Waals surface area contributed by atoms with Gasteiger partial charge in [-0.1, -0.05) is 0 Å². The van der Waals surface area contributed by atoms with Crippen molar-refractivity contribution in [1.29, 1.82) is 0 Å². The predicted octanol–water partition coefficient (Wildman–Crippen LogP) is 2.97. The van der Waals surface area contributed by atoms with Crippen LogP contribution in [0.25, 0.3) is 0 Å². The number of hydrogen-bond donors (Lipinski definition) is 1. The number of nitrogens with one attached hydrogen (secondary N) is 1. The zero-order valence-corrected chi connectivity index (χ0v) is 19.1. The van der Waals surface area contributed by atoms with Crippen molar-refractivity contribution >= 4 is 23.4 Å². The van der Waals surface area contributed by atoms with Gasteiger partial charge in [0, 0.05) is 38.4 Å². The summed E-state index contributed by atoms with van der Waals surface area (Å²) in [6.45, 7) is 6.49. The molecule has 9 nitrogen and oxygen atoms in total. The van der Waals surface area contributed by atoms with Crippen molar-refractivity contribution in [2.24, 2.45) is 0 Å². The summed E-state index contributed by atoms with van der Waals surface area (Å²) in [6.07, 6.45) is 1.77. The third-order valence-electron chi connectivity index (χ3n) is 5.37. The Morgan fingerprint density at radius 2 is 1.70 bits per heavy atom. The van der Waals surface area contributed by atoms with Crippen molar-refractivity contribution in [3.05, 3.63) is 60.0 Å². The monoisotopic (exact) mass is 448 g/mol. The van der Waals surface area contributed by atoms with E-state index in [1.807, 2.05) is 36.9 Å². The zero-order valence-electron chi connectivity index (χ0n) is 19.1. The first-order chi connectivity index (χ1) is 16.0. The minimum Gasteiger partial charge on any atom is -0.497 e. The first-order valence-corrected chi connectivity index (χ1v) is 10.8. The Kier molecular flexibility index (Phi) is 6.87. The van der Waals surface area contributed by atoms with E-state index in [9.17, 15) is 4.79 Å². The zero-order chi connectivity index (χ0) is 23.2. The number of amides is 1. The first-order valence-electron chi connectivity index (χ1n) is 10.8. The molecule has 0 aliphatic carbocycles. The fourth-order valence-corrected chi connectivity index (χ4v) is 3.61. The topological polar surface area (TPSA) is 92.7 Å². The molecule has 2 aromatic heterocycles. The maximum absolute atomic E-state index is 12.6. The van der Waals surface area contributed by atoms with E-state index in [4.69, 9.17) is 9.47 Å². The number of benzene rings is 1. The molecule has 1 aliphatic rings. The Morgan fingerprint density at radius 3 is 2.39 bits per heavy atom. The van der Waals surface area contributed by atoms with Crippen LogP contribution in [0, 0.1) is 13.8 Å². The van der Waals surface area contributed by atoms with E-state index in [2.05, 4.69) is 25.2 Å². The second kappa shape index (κ2) is 10.2. The highest BCUT2D eigenvalue weighted by Crippen LogP contribution is 2.21. The van der Waals surface area contributed by atoms with Gasteiger partial charge in [-0.2, -0.15) is 0 Å². The first kappa shape index (κ1) is 22.3. The van der Waals surface area contributed by atoms with Crippen LogP contribution in [-0.4, -0.2) is 65.7 Å². The van der Waals surface area contributed by atoms with Gasteiger partial charge in [0.1, 0.15) is 34.8 Å². The highest BCUT2D eigenvalue weighted by molar-refractivity contribution is 5.78. The lowest BCUT2D eigenvalue weighted by Crippen LogP contribution is -2.50. The molecule has 3 aromatic rings. The summed E-state index contributed by atoms with van der Waals surface area (Å²) >= 11 is 0. The molecule has 0 radical (unpaired) electrons. The van der Waals surface area contributed by atoms with Crippen LogP contribution >= 0.6 is 0 Å². The average Bonchev–Trinajstić information content (AvgIpc) is 2.82. The van der Waals surface area contributed by atoms with E-state index < -0.39 is 0 Å².